The maximum Gasteiger partial charge on any atom is 0.389 e. The average Bonchev–Trinajstić information content (AvgIpc) is 2.57. The van der Waals surface area contributed by atoms with Gasteiger partial charge in [0.25, 0.3) is 5.05 Å². The fourth-order valence-corrected chi connectivity index (χ4v) is 2.69. The number of rotatable bonds is 10. The van der Waals surface area contributed by atoms with Crippen LogP contribution in [0.3, 0.4) is 0 Å². The summed E-state index contributed by atoms with van der Waals surface area (Å²) in [5.74, 6) is -50.1. The Morgan fingerprint density at radius 3 is 1.31 bits per heavy atom. The first-order valence-corrected chi connectivity index (χ1v) is 9.43. The summed E-state index contributed by atoms with van der Waals surface area (Å²) in [4.78, 5) is 1.01. The van der Waals surface area contributed by atoms with Crippen LogP contribution in [-0.4, -0.2) is 52.9 Å². The molecule has 0 aromatic heterocycles. The van der Waals surface area contributed by atoms with Crippen molar-refractivity contribution in [3.63, 3.8) is 0 Å². The predicted molar refractivity (Wildman–Crippen MR) is 73.7 cm³/mol. The monoisotopic (exact) mass is 598 g/mol. The summed E-state index contributed by atoms with van der Waals surface area (Å²) >= 11 is 0. The first kappa shape index (κ1) is 33.7. The van der Waals surface area contributed by atoms with Gasteiger partial charge >= 0.3 is 52.0 Å². The molecule has 0 aromatic carbocycles. The maximum atomic E-state index is 13.5. The molecule has 0 N–H and O–H groups in total. The lowest BCUT2D eigenvalue weighted by Crippen LogP contribution is -2.72. The summed E-state index contributed by atoms with van der Waals surface area (Å²) in [6.07, 6.45) is -16.9. The van der Waals surface area contributed by atoms with Gasteiger partial charge in [-0.25, -0.2) is 4.39 Å². The van der Waals surface area contributed by atoms with E-state index in [1.165, 1.54) is 0 Å². The first-order chi connectivity index (χ1) is 14.8. The van der Waals surface area contributed by atoms with E-state index >= 15 is 0 Å². The highest BCUT2D eigenvalue weighted by Gasteiger charge is 2.92. The molecular formula is C12H7F21OS. The highest BCUT2D eigenvalue weighted by molar-refractivity contribution is 8.32. The van der Waals surface area contributed by atoms with Crippen LogP contribution in [0.25, 0.3) is 0 Å². The Morgan fingerprint density at radius 1 is 0.629 bits per heavy atom. The van der Waals surface area contributed by atoms with Gasteiger partial charge in [-0.2, -0.15) is 65.9 Å². The lowest BCUT2D eigenvalue weighted by molar-refractivity contribution is -0.424. The molecule has 0 rings (SSSR count). The zero-order valence-corrected chi connectivity index (χ0v) is 16.3. The Kier molecular flexibility index (Phi) is 8.59. The van der Waals surface area contributed by atoms with Crippen molar-refractivity contribution in [1.82, 2.24) is 0 Å². The lowest BCUT2D eigenvalue weighted by atomic mass is 9.89. The lowest BCUT2D eigenvalue weighted by Gasteiger charge is -2.42. The van der Waals surface area contributed by atoms with E-state index in [0.717, 1.165) is 4.94 Å². The SMILES string of the molecule is FOC(C(F)(F)C(F)(F)C(F)(F)C(F)(F)C(F)(F)C(F)(F)C(F)CCCC(F)(F)F)=S(F)(F)(F)F. The van der Waals surface area contributed by atoms with E-state index in [9.17, 15) is 90.3 Å². The van der Waals surface area contributed by atoms with Gasteiger partial charge in [0.05, 0.1) is 0 Å². The summed E-state index contributed by atoms with van der Waals surface area (Å²) in [6.45, 7) is 0. The molecular weight excluding hydrogens is 591 g/mol. The van der Waals surface area contributed by atoms with Crippen molar-refractivity contribution in [2.75, 3.05) is 0 Å². The van der Waals surface area contributed by atoms with E-state index in [4.69, 9.17) is 0 Å². The molecule has 1 nitrogen and oxygen atoms in total. The minimum Gasteiger partial charge on any atom is -0.241 e. The second kappa shape index (κ2) is 8.92. The minimum absolute atomic E-state index is 1.01. The Bertz CT molecular complexity index is 810. The van der Waals surface area contributed by atoms with Gasteiger partial charge in [-0.15, -0.1) is 20.5 Å². The normalized spacial score (nSPS) is 17.7. The van der Waals surface area contributed by atoms with Crippen molar-refractivity contribution >= 4 is 15.3 Å². The molecule has 0 amide bonds. The zero-order valence-electron chi connectivity index (χ0n) is 15.5. The van der Waals surface area contributed by atoms with E-state index in [0.29, 0.717) is 0 Å². The van der Waals surface area contributed by atoms with Gasteiger partial charge in [0.1, 0.15) is 0 Å². The molecule has 0 aliphatic heterocycles. The van der Waals surface area contributed by atoms with Gasteiger partial charge in [-0.05, 0) is 17.4 Å². The number of alkyl halides is 16. The standard InChI is InChI=1S/C12H7F21OS/c13-4(2-1-3-6(14,15)16)7(17,18)9(21,22)11(25,26)12(27,28)10(23,24)8(19,20)5(34-29)35(30,31,32)33/h4H,1-3H2. The van der Waals surface area contributed by atoms with Gasteiger partial charge in [0.15, 0.2) is 6.17 Å². The van der Waals surface area contributed by atoms with E-state index < -0.39 is 82.5 Å². The third kappa shape index (κ3) is 5.84. The van der Waals surface area contributed by atoms with Gasteiger partial charge < -0.3 is 0 Å². The summed E-state index contributed by atoms with van der Waals surface area (Å²) in [6, 6.07) is 0. The van der Waals surface area contributed by atoms with Crippen LogP contribution in [0.15, 0.2) is 0 Å². The van der Waals surface area contributed by atoms with Gasteiger partial charge in [0, 0.05) is 6.42 Å². The Hall–Kier alpha value is -1.29. The molecule has 23 heteroatoms. The van der Waals surface area contributed by atoms with Crippen LogP contribution >= 0.6 is 10.3 Å². The molecule has 0 fully saturated rings. The number of hydrogen-bond acceptors (Lipinski definition) is 1. The number of hydrogen-bond donors (Lipinski definition) is 0. The topological polar surface area (TPSA) is 9.23 Å². The largest absolute Gasteiger partial charge is 0.389 e. The molecule has 0 bridgehead atoms. The minimum atomic E-state index is -10.5. The Morgan fingerprint density at radius 2 is 1.00 bits per heavy atom. The molecule has 0 radical (unpaired) electrons. The van der Waals surface area contributed by atoms with Crippen LogP contribution in [0.4, 0.5) is 90.3 Å². The Balaban J connectivity index is 6.64. The molecule has 0 saturated heterocycles. The summed E-state index contributed by atoms with van der Waals surface area (Å²) in [5.41, 5.74) is 0. The Labute approximate surface area is 179 Å². The van der Waals surface area contributed by atoms with E-state index in [-0.39, 0.29) is 0 Å². The molecule has 1 atom stereocenters. The van der Waals surface area contributed by atoms with Crippen LogP contribution in [0.2, 0.25) is 0 Å². The average molecular weight is 598 g/mol. The molecule has 0 saturated carbocycles. The van der Waals surface area contributed by atoms with Crippen molar-refractivity contribution in [3.8, 4) is 0 Å². The van der Waals surface area contributed by atoms with Crippen molar-refractivity contribution < 1.29 is 95.3 Å². The maximum absolute atomic E-state index is 13.5. The predicted octanol–water partition coefficient (Wildman–Crippen LogP) is 8.78. The van der Waals surface area contributed by atoms with Crippen LogP contribution in [0.5, 0.6) is 0 Å². The molecule has 0 aromatic rings. The third-order valence-electron chi connectivity index (χ3n) is 3.91. The van der Waals surface area contributed by atoms with Crippen molar-refractivity contribution in [1.29, 1.82) is 0 Å². The summed E-state index contributed by atoms with van der Waals surface area (Å²) in [5, 5.41) is -5.56. The molecule has 0 heterocycles. The van der Waals surface area contributed by atoms with Crippen molar-refractivity contribution in [3.05, 3.63) is 0 Å². The third-order valence-corrected chi connectivity index (χ3v) is 4.79. The van der Waals surface area contributed by atoms with Crippen molar-refractivity contribution in [2.24, 2.45) is 0 Å². The van der Waals surface area contributed by atoms with Crippen LogP contribution in [0.1, 0.15) is 19.3 Å². The second-order valence-corrected chi connectivity index (χ2v) is 8.18. The number of halogens is 21. The molecule has 0 aliphatic carbocycles. The molecule has 35 heavy (non-hydrogen) atoms. The van der Waals surface area contributed by atoms with E-state index in [1.807, 2.05) is 0 Å². The fourth-order valence-electron chi connectivity index (χ4n) is 2.08. The van der Waals surface area contributed by atoms with Gasteiger partial charge in [0.2, 0.25) is 0 Å². The quantitative estimate of drug-likeness (QED) is 0.181. The van der Waals surface area contributed by atoms with Gasteiger partial charge in [-0.3, -0.25) is 0 Å². The van der Waals surface area contributed by atoms with Crippen molar-refractivity contribution in [2.45, 2.75) is 67.1 Å². The summed E-state index contributed by atoms with van der Waals surface area (Å²) < 4.78 is 270. The molecule has 0 aliphatic rings. The molecule has 0 spiro atoms. The van der Waals surface area contributed by atoms with E-state index in [2.05, 4.69) is 0 Å². The first-order valence-electron chi connectivity index (χ1n) is 7.78. The molecule has 214 valence electrons. The smallest absolute Gasteiger partial charge is 0.241 e. The van der Waals surface area contributed by atoms with Crippen LogP contribution in [0, 0.1) is 0 Å². The highest BCUT2D eigenvalue weighted by Crippen LogP contribution is 2.71. The second-order valence-electron chi connectivity index (χ2n) is 6.49. The fraction of sp³-hybridized carbons (Fsp3) is 0.917. The van der Waals surface area contributed by atoms with Crippen LogP contribution < -0.4 is 0 Å². The van der Waals surface area contributed by atoms with E-state index in [1.54, 1.807) is 0 Å². The molecule has 1 unspecified atom stereocenters. The zero-order chi connectivity index (χ0) is 28.9. The summed E-state index contributed by atoms with van der Waals surface area (Å²) in [7, 11) is -10.5. The highest BCUT2D eigenvalue weighted by atomic mass is 32.4. The van der Waals surface area contributed by atoms with Crippen LogP contribution in [-0.2, 0) is 4.94 Å². The van der Waals surface area contributed by atoms with Gasteiger partial charge in [-0.1, -0.05) is 0 Å².